The van der Waals surface area contributed by atoms with Crippen molar-refractivity contribution in [1.82, 2.24) is 0 Å². The van der Waals surface area contributed by atoms with Crippen LogP contribution in [0.15, 0.2) is 0 Å². The van der Waals surface area contributed by atoms with Gasteiger partial charge in [-0.1, -0.05) is 6.92 Å². The molecule has 10 heteroatoms. The van der Waals surface area contributed by atoms with Crippen LogP contribution in [-0.2, 0) is 23.9 Å². The number of carbonyl (C=O) groups excluding carboxylic acids is 2. The van der Waals surface area contributed by atoms with Gasteiger partial charge in [0.05, 0.1) is 26.4 Å². The number of unbranched alkanes of at least 4 members (excludes halogenated alkanes) is 1. The molecule has 10 nitrogen and oxygen atoms in total. The van der Waals surface area contributed by atoms with Crippen LogP contribution in [0.5, 0.6) is 0 Å². The highest BCUT2D eigenvalue weighted by atomic mass is 16.5. The fraction of sp³-hybridized carbons (Fsp3) is 0.812. The van der Waals surface area contributed by atoms with E-state index in [1.807, 2.05) is 0 Å². The molecule has 0 bridgehead atoms. The van der Waals surface area contributed by atoms with E-state index in [1.165, 1.54) is 0 Å². The minimum Gasteiger partial charge on any atom is -0.481 e. The van der Waals surface area contributed by atoms with E-state index in [4.69, 9.17) is 25.5 Å². The molecule has 0 unspecified atom stereocenters. The van der Waals surface area contributed by atoms with Gasteiger partial charge in [0.1, 0.15) is 18.6 Å². The number of aliphatic hydroxyl groups is 4. The maximum atomic E-state index is 10.9. The first-order valence-corrected chi connectivity index (χ1v) is 8.31. The maximum Gasteiger partial charge on any atom is 0.314 e. The van der Waals surface area contributed by atoms with Crippen molar-refractivity contribution in [2.24, 2.45) is 5.41 Å². The summed E-state index contributed by atoms with van der Waals surface area (Å²) in [5, 5.41) is 42.5. The second-order valence-corrected chi connectivity index (χ2v) is 5.35. The van der Waals surface area contributed by atoms with Crippen molar-refractivity contribution in [3.8, 4) is 0 Å². The minimum atomic E-state index is -1.35. The first-order valence-electron chi connectivity index (χ1n) is 8.31. The van der Waals surface area contributed by atoms with Crippen LogP contribution in [0.1, 0.15) is 39.0 Å². The zero-order chi connectivity index (χ0) is 20.4. The van der Waals surface area contributed by atoms with E-state index in [0.717, 1.165) is 0 Å². The van der Waals surface area contributed by atoms with E-state index in [-0.39, 0.29) is 57.6 Å². The highest BCUT2D eigenvalue weighted by Gasteiger charge is 2.35. The first kappa shape index (κ1) is 26.5. The second kappa shape index (κ2) is 16.7. The van der Waals surface area contributed by atoms with Crippen LogP contribution < -0.4 is 0 Å². The van der Waals surface area contributed by atoms with Gasteiger partial charge in [0.25, 0.3) is 0 Å². The molecule has 0 spiro atoms. The normalized spacial score (nSPS) is 10.5. The standard InChI is InChI=1S/C10H18O6.C6H12O4/c11-5-7-15-9(13)3-1-2-4-10(14)16-8-6-12;1-2-6(3-7,4-8)5(9)10/h11-12H,1-8H2;7-8H,2-4H2,1H3,(H,9,10). The summed E-state index contributed by atoms with van der Waals surface area (Å²) in [6.07, 6.45) is 1.77. The third-order valence-electron chi connectivity index (χ3n) is 3.46. The molecular formula is C16H30O10. The van der Waals surface area contributed by atoms with Crippen molar-refractivity contribution in [2.45, 2.75) is 39.0 Å². The number of hydrogen-bond acceptors (Lipinski definition) is 9. The van der Waals surface area contributed by atoms with Crippen molar-refractivity contribution in [2.75, 3.05) is 39.6 Å². The molecule has 0 radical (unpaired) electrons. The van der Waals surface area contributed by atoms with Crippen LogP contribution in [0.4, 0.5) is 0 Å². The molecule has 0 rings (SSSR count). The van der Waals surface area contributed by atoms with Crippen molar-refractivity contribution >= 4 is 17.9 Å². The molecule has 5 N–H and O–H groups in total. The Morgan fingerprint density at radius 3 is 1.38 bits per heavy atom. The fourth-order valence-corrected chi connectivity index (χ4v) is 1.56. The maximum absolute atomic E-state index is 10.9. The third kappa shape index (κ3) is 12.6. The summed E-state index contributed by atoms with van der Waals surface area (Å²) in [5.41, 5.74) is -1.35. The molecule has 0 fully saturated rings. The van der Waals surface area contributed by atoms with Gasteiger partial charge in [0.15, 0.2) is 0 Å². The van der Waals surface area contributed by atoms with Gasteiger partial charge in [0, 0.05) is 12.8 Å². The van der Waals surface area contributed by atoms with Crippen LogP contribution in [0.2, 0.25) is 0 Å². The van der Waals surface area contributed by atoms with Gasteiger partial charge in [-0.05, 0) is 19.3 Å². The first-order chi connectivity index (χ1) is 12.3. The van der Waals surface area contributed by atoms with Crippen molar-refractivity contribution in [3.05, 3.63) is 0 Å². The summed E-state index contributed by atoms with van der Waals surface area (Å²) >= 11 is 0. The molecule has 0 aromatic heterocycles. The molecular weight excluding hydrogens is 352 g/mol. The largest absolute Gasteiger partial charge is 0.481 e. The van der Waals surface area contributed by atoms with E-state index in [9.17, 15) is 14.4 Å². The summed E-state index contributed by atoms with van der Waals surface area (Å²) in [5.74, 6) is -1.91. The van der Waals surface area contributed by atoms with Crippen LogP contribution >= 0.6 is 0 Å². The molecule has 0 atom stereocenters. The van der Waals surface area contributed by atoms with Gasteiger partial charge in [-0.2, -0.15) is 0 Å². The van der Waals surface area contributed by atoms with Gasteiger partial charge in [-0.3, -0.25) is 14.4 Å². The van der Waals surface area contributed by atoms with Crippen molar-refractivity contribution in [1.29, 1.82) is 0 Å². The quantitative estimate of drug-likeness (QED) is 0.198. The molecule has 0 aliphatic rings. The molecule has 154 valence electrons. The number of carboxylic acid groups (broad SMARTS) is 1. The Labute approximate surface area is 152 Å². The molecule has 0 aromatic carbocycles. The third-order valence-corrected chi connectivity index (χ3v) is 3.46. The number of aliphatic carboxylic acids is 1. The summed E-state index contributed by atoms with van der Waals surface area (Å²) in [4.78, 5) is 32.3. The van der Waals surface area contributed by atoms with Gasteiger partial charge < -0.3 is 35.0 Å². The number of rotatable bonds is 13. The van der Waals surface area contributed by atoms with Gasteiger partial charge in [-0.15, -0.1) is 0 Å². The van der Waals surface area contributed by atoms with Crippen molar-refractivity contribution < 1.29 is 49.4 Å². The Balaban J connectivity index is 0. The molecule has 26 heavy (non-hydrogen) atoms. The van der Waals surface area contributed by atoms with Crippen LogP contribution in [0.3, 0.4) is 0 Å². The van der Waals surface area contributed by atoms with E-state index < -0.39 is 24.6 Å². The zero-order valence-corrected chi connectivity index (χ0v) is 15.1. The summed E-state index contributed by atoms with van der Waals surface area (Å²) in [7, 11) is 0. The van der Waals surface area contributed by atoms with E-state index in [2.05, 4.69) is 9.47 Å². The summed E-state index contributed by atoms with van der Waals surface area (Å²) in [6, 6.07) is 0. The monoisotopic (exact) mass is 382 g/mol. The SMILES string of the molecule is CCC(CO)(CO)C(=O)O.O=C(CCCCC(=O)OCCO)OCCO. The van der Waals surface area contributed by atoms with Gasteiger partial charge in [-0.25, -0.2) is 0 Å². The Morgan fingerprint density at radius 2 is 1.19 bits per heavy atom. The average Bonchev–Trinajstić information content (AvgIpc) is 2.64. The van der Waals surface area contributed by atoms with Crippen molar-refractivity contribution in [3.63, 3.8) is 0 Å². The Morgan fingerprint density at radius 1 is 0.808 bits per heavy atom. The van der Waals surface area contributed by atoms with Crippen LogP contribution in [-0.4, -0.2) is 83.1 Å². The van der Waals surface area contributed by atoms with Gasteiger partial charge >= 0.3 is 17.9 Å². The Bertz CT molecular complexity index is 362. The summed E-state index contributed by atoms with van der Waals surface area (Å²) < 4.78 is 9.25. The summed E-state index contributed by atoms with van der Waals surface area (Å²) in [6.45, 7) is 0.235. The predicted molar refractivity (Wildman–Crippen MR) is 89.1 cm³/mol. The topological polar surface area (TPSA) is 171 Å². The highest BCUT2D eigenvalue weighted by Crippen LogP contribution is 2.19. The lowest BCUT2D eigenvalue weighted by atomic mass is 9.87. The number of aliphatic hydroxyl groups excluding tert-OH is 4. The molecule has 0 aliphatic heterocycles. The number of ether oxygens (including phenoxy) is 2. The Kier molecular flexibility index (Phi) is 17.0. The molecule has 0 saturated heterocycles. The lowest BCUT2D eigenvalue weighted by molar-refractivity contribution is -0.155. The molecule has 0 saturated carbocycles. The predicted octanol–water partition coefficient (Wildman–Crippen LogP) is -0.930. The van der Waals surface area contributed by atoms with E-state index >= 15 is 0 Å². The number of hydrogen-bond donors (Lipinski definition) is 5. The number of carbonyl (C=O) groups is 3. The Hall–Kier alpha value is -1.75. The fourth-order valence-electron chi connectivity index (χ4n) is 1.56. The van der Waals surface area contributed by atoms with Crippen LogP contribution in [0.25, 0.3) is 0 Å². The molecule has 0 aliphatic carbocycles. The molecule has 0 heterocycles. The lowest BCUT2D eigenvalue weighted by Gasteiger charge is -2.21. The van der Waals surface area contributed by atoms with E-state index in [1.54, 1.807) is 6.92 Å². The number of carboxylic acids is 1. The minimum absolute atomic E-state index is 0.0113. The van der Waals surface area contributed by atoms with Gasteiger partial charge in [0.2, 0.25) is 0 Å². The lowest BCUT2D eigenvalue weighted by Crippen LogP contribution is -2.37. The highest BCUT2D eigenvalue weighted by molar-refractivity contribution is 5.74. The van der Waals surface area contributed by atoms with E-state index in [0.29, 0.717) is 12.8 Å². The zero-order valence-electron chi connectivity index (χ0n) is 15.1. The average molecular weight is 382 g/mol. The number of esters is 2. The second-order valence-electron chi connectivity index (χ2n) is 5.35. The molecule has 0 amide bonds. The van der Waals surface area contributed by atoms with Crippen LogP contribution in [0, 0.1) is 5.41 Å². The molecule has 0 aromatic rings. The smallest absolute Gasteiger partial charge is 0.314 e.